The first-order valence-electron chi connectivity index (χ1n) is 9.65. The summed E-state index contributed by atoms with van der Waals surface area (Å²) in [6.45, 7) is 6.02. The first-order valence-corrected chi connectivity index (χ1v) is 13.0. The second-order valence-electron chi connectivity index (χ2n) is 7.83. The molecule has 3 rings (SSSR count). The van der Waals surface area contributed by atoms with Crippen molar-refractivity contribution < 1.29 is 9.53 Å². The number of carbonyl (C=O) groups is 1. The molecule has 1 aliphatic rings. The number of ether oxygens (including phenoxy) is 1. The van der Waals surface area contributed by atoms with Crippen LogP contribution in [-0.4, -0.2) is 35.1 Å². The van der Waals surface area contributed by atoms with Crippen LogP contribution in [0, 0.1) is 0 Å². The fraction of sp³-hybridized carbons (Fsp3) is 0.348. The standard InChI is InChI=1S/C23H26ClNO2S3/c1-23(2,3)27-22(26)25-14-20-19(24)13-21(30-20)29-18-11-16(10-17(12-18)28-4)15-8-6-5-7-9-15/h5-13,19-20H,14H2,1-4H3,(H,25,26). The zero-order chi connectivity index (χ0) is 21.7. The second-order valence-corrected chi connectivity index (χ2v) is 11.9. The summed E-state index contributed by atoms with van der Waals surface area (Å²) in [6, 6.07) is 17.1. The van der Waals surface area contributed by atoms with Crippen molar-refractivity contribution in [2.24, 2.45) is 0 Å². The third-order valence-electron chi connectivity index (χ3n) is 4.21. The molecule has 0 saturated carbocycles. The monoisotopic (exact) mass is 479 g/mol. The van der Waals surface area contributed by atoms with E-state index >= 15 is 0 Å². The summed E-state index contributed by atoms with van der Waals surface area (Å²) < 4.78 is 6.46. The van der Waals surface area contributed by atoms with Crippen LogP contribution in [0.4, 0.5) is 4.79 Å². The number of nitrogens with one attached hydrogen (secondary N) is 1. The molecule has 2 atom stereocenters. The number of allylic oxidation sites excluding steroid dienone is 1. The lowest BCUT2D eigenvalue weighted by Crippen LogP contribution is -2.37. The van der Waals surface area contributed by atoms with Gasteiger partial charge in [0.05, 0.1) is 5.38 Å². The van der Waals surface area contributed by atoms with Gasteiger partial charge in [0.1, 0.15) is 5.60 Å². The molecule has 2 aromatic carbocycles. The lowest BCUT2D eigenvalue weighted by molar-refractivity contribution is 0.0528. The lowest BCUT2D eigenvalue weighted by Gasteiger charge is -2.21. The number of amides is 1. The maximum Gasteiger partial charge on any atom is 0.407 e. The zero-order valence-corrected chi connectivity index (χ0v) is 20.7. The van der Waals surface area contributed by atoms with Gasteiger partial charge in [-0.15, -0.1) is 35.1 Å². The van der Waals surface area contributed by atoms with Gasteiger partial charge < -0.3 is 10.1 Å². The number of halogens is 1. The van der Waals surface area contributed by atoms with Crippen LogP contribution in [0.1, 0.15) is 20.8 Å². The number of thioether (sulfide) groups is 3. The summed E-state index contributed by atoms with van der Waals surface area (Å²) in [4.78, 5) is 14.3. The molecule has 0 fully saturated rings. The summed E-state index contributed by atoms with van der Waals surface area (Å²) in [7, 11) is 0. The van der Waals surface area contributed by atoms with Crippen molar-refractivity contribution in [3.05, 3.63) is 58.8 Å². The minimum Gasteiger partial charge on any atom is -0.444 e. The van der Waals surface area contributed by atoms with Crippen LogP contribution in [-0.2, 0) is 4.74 Å². The van der Waals surface area contributed by atoms with Gasteiger partial charge in [0.15, 0.2) is 0 Å². The molecule has 1 aliphatic heterocycles. The Kier molecular flexibility index (Phi) is 8.13. The lowest BCUT2D eigenvalue weighted by atomic mass is 10.1. The van der Waals surface area contributed by atoms with Gasteiger partial charge in [-0.05, 0) is 62.4 Å². The summed E-state index contributed by atoms with van der Waals surface area (Å²) in [5.41, 5.74) is 1.91. The fourth-order valence-corrected chi connectivity index (χ4v) is 6.52. The van der Waals surface area contributed by atoms with Gasteiger partial charge in [-0.3, -0.25) is 0 Å². The van der Waals surface area contributed by atoms with E-state index in [1.165, 1.54) is 20.9 Å². The Hall–Kier alpha value is -1.21. The quantitative estimate of drug-likeness (QED) is 0.348. The van der Waals surface area contributed by atoms with Gasteiger partial charge in [0.2, 0.25) is 0 Å². The van der Waals surface area contributed by atoms with E-state index in [1.807, 2.05) is 26.8 Å². The average Bonchev–Trinajstić information content (AvgIpc) is 3.04. The summed E-state index contributed by atoms with van der Waals surface area (Å²) in [6.07, 6.45) is 3.76. The molecule has 2 unspecified atom stereocenters. The van der Waals surface area contributed by atoms with Crippen molar-refractivity contribution in [3.8, 4) is 11.1 Å². The molecule has 0 radical (unpaired) electrons. The molecule has 7 heteroatoms. The summed E-state index contributed by atoms with van der Waals surface area (Å²) >= 11 is 11.7. The van der Waals surface area contributed by atoms with Crippen molar-refractivity contribution >= 4 is 53.0 Å². The molecule has 3 nitrogen and oxygen atoms in total. The summed E-state index contributed by atoms with van der Waals surface area (Å²) in [5.74, 6) is 0. The van der Waals surface area contributed by atoms with Gasteiger partial charge in [0.25, 0.3) is 0 Å². The van der Waals surface area contributed by atoms with Gasteiger partial charge in [0, 0.05) is 25.8 Å². The van der Waals surface area contributed by atoms with Gasteiger partial charge in [-0.25, -0.2) is 4.79 Å². The number of rotatable bonds is 6. The van der Waals surface area contributed by atoms with Crippen molar-refractivity contribution in [1.82, 2.24) is 5.32 Å². The smallest absolute Gasteiger partial charge is 0.407 e. The summed E-state index contributed by atoms with van der Waals surface area (Å²) in [5, 5.41) is 2.78. The predicted octanol–water partition coefficient (Wildman–Crippen LogP) is 7.26. The molecule has 30 heavy (non-hydrogen) atoms. The van der Waals surface area contributed by atoms with E-state index in [-0.39, 0.29) is 10.6 Å². The molecule has 1 N–H and O–H groups in total. The molecule has 0 spiro atoms. The van der Waals surface area contributed by atoms with Crippen LogP contribution < -0.4 is 5.32 Å². The number of alkyl carbamates (subject to hydrolysis) is 1. The minimum absolute atomic E-state index is 0.0824. The first kappa shape index (κ1) is 23.5. The maximum absolute atomic E-state index is 11.9. The number of benzene rings is 2. The highest BCUT2D eigenvalue weighted by atomic mass is 35.5. The van der Waals surface area contributed by atoms with E-state index < -0.39 is 11.7 Å². The van der Waals surface area contributed by atoms with Crippen molar-refractivity contribution in [3.63, 3.8) is 0 Å². The second kappa shape index (κ2) is 10.4. The van der Waals surface area contributed by atoms with E-state index in [0.717, 1.165) is 4.24 Å². The number of alkyl halides is 1. The molecule has 1 heterocycles. The van der Waals surface area contributed by atoms with Crippen LogP contribution in [0.2, 0.25) is 0 Å². The Balaban J connectivity index is 1.64. The first-order chi connectivity index (χ1) is 14.2. The van der Waals surface area contributed by atoms with Crippen molar-refractivity contribution in [1.29, 1.82) is 0 Å². The number of hydrogen-bond donors (Lipinski definition) is 1. The largest absolute Gasteiger partial charge is 0.444 e. The highest BCUT2D eigenvalue weighted by Crippen LogP contribution is 2.46. The van der Waals surface area contributed by atoms with Crippen LogP contribution >= 0.6 is 46.9 Å². The van der Waals surface area contributed by atoms with Gasteiger partial charge in [-0.1, -0.05) is 42.1 Å². The Morgan fingerprint density at radius 3 is 2.50 bits per heavy atom. The highest BCUT2D eigenvalue weighted by Gasteiger charge is 2.28. The third kappa shape index (κ3) is 6.91. The molecule has 2 aromatic rings. The molecule has 0 aliphatic carbocycles. The van der Waals surface area contributed by atoms with E-state index in [4.69, 9.17) is 16.3 Å². The fourth-order valence-electron chi connectivity index (χ4n) is 2.86. The van der Waals surface area contributed by atoms with Gasteiger partial charge in [-0.2, -0.15) is 0 Å². The molecular weight excluding hydrogens is 454 g/mol. The van der Waals surface area contributed by atoms with Crippen LogP contribution in [0.25, 0.3) is 11.1 Å². The topological polar surface area (TPSA) is 38.3 Å². The van der Waals surface area contributed by atoms with E-state index in [9.17, 15) is 4.79 Å². The maximum atomic E-state index is 11.9. The molecule has 0 saturated heterocycles. The normalized spacial score (nSPS) is 18.8. The Morgan fingerprint density at radius 2 is 1.83 bits per heavy atom. The van der Waals surface area contributed by atoms with Gasteiger partial charge >= 0.3 is 6.09 Å². The van der Waals surface area contributed by atoms with Crippen LogP contribution in [0.5, 0.6) is 0 Å². The molecule has 0 bridgehead atoms. The third-order valence-corrected chi connectivity index (χ3v) is 7.97. The molecule has 1 amide bonds. The Morgan fingerprint density at radius 1 is 1.13 bits per heavy atom. The van der Waals surface area contributed by atoms with Crippen molar-refractivity contribution in [2.75, 3.05) is 12.8 Å². The zero-order valence-electron chi connectivity index (χ0n) is 17.5. The Labute approximate surface area is 196 Å². The van der Waals surface area contributed by atoms with Crippen molar-refractivity contribution in [2.45, 2.75) is 46.8 Å². The van der Waals surface area contributed by atoms with Crippen LogP contribution in [0.15, 0.2) is 68.6 Å². The van der Waals surface area contributed by atoms with E-state index in [1.54, 1.807) is 35.3 Å². The molecule has 0 aromatic heterocycles. The molecular formula is C23H26ClNO2S3. The molecule has 160 valence electrons. The highest BCUT2D eigenvalue weighted by molar-refractivity contribution is 8.22. The van der Waals surface area contributed by atoms with E-state index in [2.05, 4.69) is 60.1 Å². The Bertz CT molecular complexity index is 912. The van der Waals surface area contributed by atoms with E-state index in [0.29, 0.717) is 6.54 Å². The average molecular weight is 480 g/mol. The number of hydrogen-bond acceptors (Lipinski definition) is 5. The SMILES string of the molecule is CSc1cc(SC2=CC(Cl)C(CNC(=O)OC(C)(C)C)S2)cc(-c2ccccc2)c1. The predicted molar refractivity (Wildman–Crippen MR) is 133 cm³/mol. The van der Waals surface area contributed by atoms with Crippen LogP contribution in [0.3, 0.4) is 0 Å². The number of carbonyl (C=O) groups excluding carboxylic acids is 1. The minimum atomic E-state index is -0.509.